The van der Waals surface area contributed by atoms with E-state index in [-0.39, 0.29) is 5.91 Å². The highest BCUT2D eigenvalue weighted by atomic mass is 16.5. The Morgan fingerprint density at radius 3 is 2.36 bits per heavy atom. The lowest BCUT2D eigenvalue weighted by Gasteiger charge is -2.27. The number of methoxy groups -OCH3 is 1. The van der Waals surface area contributed by atoms with E-state index in [1.807, 2.05) is 19.9 Å². The number of rotatable bonds is 6. The fourth-order valence-electron chi connectivity index (χ4n) is 3.81. The van der Waals surface area contributed by atoms with Crippen LogP contribution in [0.3, 0.4) is 0 Å². The number of nitrogens with one attached hydrogen (secondary N) is 1. The number of likely N-dealkylation sites (tertiary alicyclic amines) is 1. The first-order valence-electron chi connectivity index (χ1n) is 9.88. The first-order chi connectivity index (χ1) is 13.5. The summed E-state index contributed by atoms with van der Waals surface area (Å²) < 4.78 is 6.92. The lowest BCUT2D eigenvalue weighted by Crippen LogP contribution is -2.32. The molecule has 0 unspecified atom stereocenters. The summed E-state index contributed by atoms with van der Waals surface area (Å²) in [5, 5.41) is 2.91. The number of anilines is 1. The summed E-state index contributed by atoms with van der Waals surface area (Å²) in [5.41, 5.74) is 3.87. The number of amides is 1. The zero-order valence-electron chi connectivity index (χ0n) is 17.0. The third kappa shape index (κ3) is 4.62. The van der Waals surface area contributed by atoms with E-state index in [0.29, 0.717) is 16.8 Å². The molecule has 1 fully saturated rings. The van der Waals surface area contributed by atoms with E-state index in [2.05, 4.69) is 14.8 Å². The summed E-state index contributed by atoms with van der Waals surface area (Å²) in [6.07, 6.45) is 3.90. The second kappa shape index (κ2) is 9.06. The second-order valence-corrected chi connectivity index (χ2v) is 7.36. The van der Waals surface area contributed by atoms with Crippen LogP contribution in [0.2, 0.25) is 0 Å². The van der Waals surface area contributed by atoms with Gasteiger partial charge in [0.25, 0.3) is 5.91 Å². The monoisotopic (exact) mass is 383 g/mol. The molecular formula is C22H29N3O3. The van der Waals surface area contributed by atoms with Gasteiger partial charge in [-0.1, -0.05) is 6.42 Å². The number of hydrogen-bond donors (Lipinski definition) is 1. The molecule has 6 heteroatoms. The lowest BCUT2D eigenvalue weighted by molar-refractivity contribution is 0.0600. The van der Waals surface area contributed by atoms with Gasteiger partial charge >= 0.3 is 5.97 Å². The van der Waals surface area contributed by atoms with Crippen molar-refractivity contribution >= 4 is 17.6 Å². The van der Waals surface area contributed by atoms with Crippen molar-refractivity contribution < 1.29 is 14.3 Å². The normalized spacial score (nSPS) is 14.7. The summed E-state index contributed by atoms with van der Waals surface area (Å²) in [6.45, 7) is 8.32. The number of aromatic nitrogens is 1. The van der Waals surface area contributed by atoms with Crippen molar-refractivity contribution in [2.75, 3.05) is 32.1 Å². The summed E-state index contributed by atoms with van der Waals surface area (Å²) in [5.74, 6) is -0.529. The van der Waals surface area contributed by atoms with Gasteiger partial charge < -0.3 is 19.5 Å². The molecule has 0 atom stereocenters. The van der Waals surface area contributed by atoms with E-state index >= 15 is 0 Å². The van der Waals surface area contributed by atoms with Gasteiger partial charge in [0.2, 0.25) is 0 Å². The van der Waals surface area contributed by atoms with Crippen LogP contribution in [0.25, 0.3) is 0 Å². The van der Waals surface area contributed by atoms with Gasteiger partial charge in [-0.3, -0.25) is 4.79 Å². The largest absolute Gasteiger partial charge is 0.465 e. The zero-order valence-corrected chi connectivity index (χ0v) is 17.0. The minimum atomic E-state index is -0.393. The number of benzene rings is 1. The molecule has 1 saturated heterocycles. The number of piperidine rings is 1. The van der Waals surface area contributed by atoms with Crippen molar-refractivity contribution in [1.82, 2.24) is 9.47 Å². The maximum atomic E-state index is 12.8. The van der Waals surface area contributed by atoms with E-state index in [4.69, 9.17) is 4.74 Å². The number of hydrogen-bond acceptors (Lipinski definition) is 4. The van der Waals surface area contributed by atoms with Crippen LogP contribution in [0.4, 0.5) is 5.69 Å². The number of aryl methyl sites for hydroxylation is 1. The molecule has 0 spiro atoms. The minimum absolute atomic E-state index is 0.136. The summed E-state index contributed by atoms with van der Waals surface area (Å²) in [7, 11) is 1.35. The Kier molecular flexibility index (Phi) is 6.52. The van der Waals surface area contributed by atoms with Gasteiger partial charge in [0.1, 0.15) is 0 Å². The van der Waals surface area contributed by atoms with Crippen LogP contribution in [0, 0.1) is 13.8 Å². The van der Waals surface area contributed by atoms with Gasteiger partial charge in [-0.25, -0.2) is 4.79 Å². The molecule has 1 aliphatic heterocycles. The molecule has 1 aromatic carbocycles. The molecule has 28 heavy (non-hydrogen) atoms. The van der Waals surface area contributed by atoms with Gasteiger partial charge in [-0.05, 0) is 70.1 Å². The SMILES string of the molecule is COC(=O)c1ccc(NC(=O)c2cc(C)n(CCN3CCCCC3)c2C)cc1. The Morgan fingerprint density at radius 1 is 1.04 bits per heavy atom. The van der Waals surface area contributed by atoms with Crippen LogP contribution in [0.15, 0.2) is 30.3 Å². The van der Waals surface area contributed by atoms with Crippen molar-refractivity contribution in [3.8, 4) is 0 Å². The number of nitrogens with zero attached hydrogens (tertiary/aromatic N) is 2. The molecule has 0 saturated carbocycles. The Morgan fingerprint density at radius 2 is 1.71 bits per heavy atom. The Labute approximate surface area is 166 Å². The predicted octanol–water partition coefficient (Wildman–Crippen LogP) is 3.63. The summed E-state index contributed by atoms with van der Waals surface area (Å²) >= 11 is 0. The van der Waals surface area contributed by atoms with Crippen molar-refractivity contribution in [3.05, 3.63) is 52.8 Å². The number of esters is 1. The van der Waals surface area contributed by atoms with E-state index < -0.39 is 5.97 Å². The fourth-order valence-corrected chi connectivity index (χ4v) is 3.81. The van der Waals surface area contributed by atoms with Crippen LogP contribution >= 0.6 is 0 Å². The van der Waals surface area contributed by atoms with Crippen LogP contribution in [-0.4, -0.2) is 48.1 Å². The van der Waals surface area contributed by atoms with Crippen molar-refractivity contribution in [3.63, 3.8) is 0 Å². The lowest BCUT2D eigenvalue weighted by atomic mass is 10.1. The molecule has 0 bridgehead atoms. The molecular weight excluding hydrogens is 354 g/mol. The Hall–Kier alpha value is -2.60. The highest BCUT2D eigenvalue weighted by Gasteiger charge is 2.17. The minimum Gasteiger partial charge on any atom is -0.465 e. The Bertz CT molecular complexity index is 833. The second-order valence-electron chi connectivity index (χ2n) is 7.36. The van der Waals surface area contributed by atoms with Gasteiger partial charge in [0, 0.05) is 30.2 Å². The van der Waals surface area contributed by atoms with E-state index in [1.165, 1.54) is 39.5 Å². The summed E-state index contributed by atoms with van der Waals surface area (Å²) in [6, 6.07) is 8.65. The number of carbonyl (C=O) groups is 2. The van der Waals surface area contributed by atoms with Crippen LogP contribution in [0.1, 0.15) is 51.4 Å². The van der Waals surface area contributed by atoms with E-state index in [0.717, 1.165) is 24.5 Å². The van der Waals surface area contributed by atoms with Crippen LogP contribution < -0.4 is 5.32 Å². The van der Waals surface area contributed by atoms with Crippen LogP contribution in [-0.2, 0) is 11.3 Å². The first kappa shape index (κ1) is 20.1. The maximum absolute atomic E-state index is 12.8. The van der Waals surface area contributed by atoms with Gasteiger partial charge in [0.05, 0.1) is 18.2 Å². The third-order valence-electron chi connectivity index (χ3n) is 5.47. The molecule has 0 aliphatic carbocycles. The smallest absolute Gasteiger partial charge is 0.337 e. The third-order valence-corrected chi connectivity index (χ3v) is 5.47. The Balaban J connectivity index is 1.65. The van der Waals surface area contributed by atoms with E-state index in [9.17, 15) is 9.59 Å². The number of ether oxygens (including phenoxy) is 1. The first-order valence-corrected chi connectivity index (χ1v) is 9.88. The fraction of sp³-hybridized carbons (Fsp3) is 0.455. The molecule has 0 radical (unpaired) electrons. The molecule has 1 aliphatic rings. The van der Waals surface area contributed by atoms with Crippen molar-refractivity contribution in [1.29, 1.82) is 0 Å². The topological polar surface area (TPSA) is 63.6 Å². The summed E-state index contributed by atoms with van der Waals surface area (Å²) in [4.78, 5) is 26.8. The van der Waals surface area contributed by atoms with Crippen LogP contribution in [0.5, 0.6) is 0 Å². The van der Waals surface area contributed by atoms with Gasteiger partial charge in [-0.15, -0.1) is 0 Å². The molecule has 2 aromatic rings. The standard InChI is InChI=1S/C22H29N3O3/c1-16-15-20(17(2)25(16)14-13-24-11-5-4-6-12-24)21(26)23-19-9-7-18(8-10-19)22(27)28-3/h7-10,15H,4-6,11-14H2,1-3H3,(H,23,26). The van der Waals surface area contributed by atoms with Crippen molar-refractivity contribution in [2.45, 2.75) is 39.7 Å². The molecule has 2 heterocycles. The predicted molar refractivity (Wildman–Crippen MR) is 110 cm³/mol. The molecule has 1 N–H and O–H groups in total. The van der Waals surface area contributed by atoms with Crippen molar-refractivity contribution in [2.24, 2.45) is 0 Å². The molecule has 150 valence electrons. The number of carbonyl (C=O) groups excluding carboxylic acids is 2. The van der Waals surface area contributed by atoms with Gasteiger partial charge in [0.15, 0.2) is 0 Å². The molecule has 1 amide bonds. The van der Waals surface area contributed by atoms with E-state index in [1.54, 1.807) is 24.3 Å². The molecule has 6 nitrogen and oxygen atoms in total. The average Bonchev–Trinajstić information content (AvgIpc) is 3.01. The highest BCUT2D eigenvalue weighted by molar-refractivity contribution is 6.05. The molecule has 1 aromatic heterocycles. The molecule has 3 rings (SSSR count). The van der Waals surface area contributed by atoms with Gasteiger partial charge in [-0.2, -0.15) is 0 Å². The highest BCUT2D eigenvalue weighted by Crippen LogP contribution is 2.19. The maximum Gasteiger partial charge on any atom is 0.337 e. The average molecular weight is 383 g/mol. The quantitative estimate of drug-likeness (QED) is 0.774. The zero-order chi connectivity index (χ0) is 20.1.